The van der Waals surface area contributed by atoms with E-state index in [2.05, 4.69) is 12.2 Å². The van der Waals surface area contributed by atoms with Gasteiger partial charge in [0, 0.05) is 12.1 Å². The molecule has 0 aromatic carbocycles. The summed E-state index contributed by atoms with van der Waals surface area (Å²) in [7, 11) is 0. The number of hydrogen-bond donors (Lipinski definition) is 2. The molecule has 1 aliphatic carbocycles. The summed E-state index contributed by atoms with van der Waals surface area (Å²) in [5.74, 6) is 0.517. The molecule has 0 heterocycles. The van der Waals surface area contributed by atoms with E-state index in [0.717, 1.165) is 25.7 Å². The molecule has 1 rings (SSSR count). The van der Waals surface area contributed by atoms with Crippen LogP contribution in [-0.4, -0.2) is 23.8 Å². The van der Waals surface area contributed by atoms with E-state index < -0.39 is 5.60 Å². The van der Waals surface area contributed by atoms with Crippen LogP contribution >= 0.6 is 0 Å². The van der Waals surface area contributed by atoms with Crippen LogP contribution in [0.4, 0.5) is 4.79 Å². The molecule has 0 unspecified atom stereocenters. The van der Waals surface area contributed by atoms with Gasteiger partial charge in [0.05, 0.1) is 0 Å². The van der Waals surface area contributed by atoms with Crippen molar-refractivity contribution in [3.63, 3.8) is 0 Å². The first-order chi connectivity index (χ1) is 7.81. The Morgan fingerprint density at radius 1 is 1.41 bits per heavy atom. The molecule has 0 bridgehead atoms. The Labute approximate surface area is 104 Å². The van der Waals surface area contributed by atoms with E-state index in [1.807, 2.05) is 20.8 Å². The SMILES string of the molecule is CC[C@@H]1C[C@@H](NC(=O)OC(C)(C)C)CC[C@@H]1N. The molecule has 1 aliphatic rings. The Bertz CT molecular complexity index is 261. The minimum Gasteiger partial charge on any atom is -0.444 e. The number of carbonyl (C=O) groups is 1. The van der Waals surface area contributed by atoms with Gasteiger partial charge < -0.3 is 15.8 Å². The Hall–Kier alpha value is -0.770. The highest BCUT2D eigenvalue weighted by Crippen LogP contribution is 2.26. The van der Waals surface area contributed by atoms with Crippen molar-refractivity contribution in [2.24, 2.45) is 11.7 Å². The van der Waals surface area contributed by atoms with Gasteiger partial charge >= 0.3 is 6.09 Å². The first kappa shape index (κ1) is 14.3. The molecule has 0 aromatic heterocycles. The van der Waals surface area contributed by atoms with Gasteiger partial charge in [0.25, 0.3) is 0 Å². The van der Waals surface area contributed by atoms with E-state index in [9.17, 15) is 4.79 Å². The molecule has 4 heteroatoms. The van der Waals surface area contributed by atoms with Gasteiger partial charge in [-0.1, -0.05) is 13.3 Å². The van der Waals surface area contributed by atoms with E-state index in [4.69, 9.17) is 10.5 Å². The number of hydrogen-bond acceptors (Lipinski definition) is 3. The molecule has 1 saturated carbocycles. The quantitative estimate of drug-likeness (QED) is 0.781. The van der Waals surface area contributed by atoms with E-state index in [-0.39, 0.29) is 18.2 Å². The van der Waals surface area contributed by atoms with Crippen molar-refractivity contribution in [1.29, 1.82) is 0 Å². The van der Waals surface area contributed by atoms with Crippen molar-refractivity contribution >= 4 is 6.09 Å². The molecule has 0 radical (unpaired) electrons. The van der Waals surface area contributed by atoms with E-state index in [1.165, 1.54) is 0 Å². The van der Waals surface area contributed by atoms with Crippen molar-refractivity contribution in [3.05, 3.63) is 0 Å². The van der Waals surface area contributed by atoms with Gasteiger partial charge in [0.1, 0.15) is 5.60 Å². The van der Waals surface area contributed by atoms with Gasteiger partial charge in [-0.15, -0.1) is 0 Å². The Balaban J connectivity index is 2.40. The van der Waals surface area contributed by atoms with Crippen LogP contribution in [0.15, 0.2) is 0 Å². The zero-order valence-corrected chi connectivity index (χ0v) is 11.5. The third-order valence-electron chi connectivity index (χ3n) is 3.29. The maximum absolute atomic E-state index is 11.6. The largest absolute Gasteiger partial charge is 0.444 e. The molecule has 3 N–H and O–H groups in total. The summed E-state index contributed by atoms with van der Waals surface area (Å²) in [5, 5.41) is 2.94. The van der Waals surface area contributed by atoms with Crippen molar-refractivity contribution in [1.82, 2.24) is 5.32 Å². The molecular formula is C13H26N2O2. The second-order valence-electron chi connectivity index (χ2n) is 5.99. The maximum atomic E-state index is 11.6. The number of alkyl carbamates (subject to hydrolysis) is 1. The third kappa shape index (κ3) is 4.94. The fraction of sp³-hybridized carbons (Fsp3) is 0.923. The zero-order valence-electron chi connectivity index (χ0n) is 11.5. The summed E-state index contributed by atoms with van der Waals surface area (Å²) in [4.78, 5) is 11.6. The summed E-state index contributed by atoms with van der Waals surface area (Å²) >= 11 is 0. The average Bonchev–Trinajstić information content (AvgIpc) is 2.18. The van der Waals surface area contributed by atoms with Crippen LogP contribution in [0.25, 0.3) is 0 Å². The minimum absolute atomic E-state index is 0.217. The summed E-state index contributed by atoms with van der Waals surface area (Å²) in [5.41, 5.74) is 5.61. The molecule has 0 aliphatic heterocycles. The van der Waals surface area contributed by atoms with Gasteiger partial charge in [-0.05, 0) is 46.0 Å². The minimum atomic E-state index is -0.431. The molecule has 4 nitrogen and oxygen atoms in total. The van der Waals surface area contributed by atoms with E-state index >= 15 is 0 Å². The Morgan fingerprint density at radius 2 is 2.06 bits per heavy atom. The Morgan fingerprint density at radius 3 is 2.59 bits per heavy atom. The molecule has 1 amide bonds. The zero-order chi connectivity index (χ0) is 13.1. The van der Waals surface area contributed by atoms with Crippen LogP contribution in [-0.2, 0) is 4.74 Å². The number of nitrogens with one attached hydrogen (secondary N) is 1. The smallest absolute Gasteiger partial charge is 0.407 e. The first-order valence-electron chi connectivity index (χ1n) is 6.57. The molecule has 3 atom stereocenters. The van der Waals surface area contributed by atoms with E-state index in [0.29, 0.717) is 5.92 Å². The first-order valence-corrected chi connectivity index (χ1v) is 6.57. The highest BCUT2D eigenvalue weighted by molar-refractivity contribution is 5.68. The number of ether oxygens (including phenoxy) is 1. The lowest BCUT2D eigenvalue weighted by atomic mass is 9.80. The number of amides is 1. The number of carbonyl (C=O) groups excluding carboxylic acids is 1. The predicted octanol–water partition coefficient (Wildman–Crippen LogP) is 2.42. The molecule has 100 valence electrons. The van der Waals surface area contributed by atoms with Crippen LogP contribution < -0.4 is 11.1 Å². The van der Waals surface area contributed by atoms with Crippen LogP contribution in [0, 0.1) is 5.92 Å². The Kier molecular flexibility index (Phi) is 4.80. The van der Waals surface area contributed by atoms with Gasteiger partial charge in [0.2, 0.25) is 0 Å². The fourth-order valence-electron chi connectivity index (χ4n) is 2.36. The lowest BCUT2D eigenvalue weighted by molar-refractivity contribution is 0.0480. The third-order valence-corrected chi connectivity index (χ3v) is 3.29. The molecular weight excluding hydrogens is 216 g/mol. The molecule has 1 fully saturated rings. The lowest BCUT2D eigenvalue weighted by Gasteiger charge is -2.34. The van der Waals surface area contributed by atoms with Crippen molar-refractivity contribution in [2.75, 3.05) is 0 Å². The topological polar surface area (TPSA) is 64.3 Å². The van der Waals surface area contributed by atoms with Crippen LogP contribution in [0.3, 0.4) is 0 Å². The molecule has 0 spiro atoms. The average molecular weight is 242 g/mol. The van der Waals surface area contributed by atoms with Crippen molar-refractivity contribution in [2.45, 2.75) is 71.1 Å². The van der Waals surface area contributed by atoms with Crippen LogP contribution in [0.5, 0.6) is 0 Å². The van der Waals surface area contributed by atoms with Crippen molar-refractivity contribution in [3.8, 4) is 0 Å². The van der Waals surface area contributed by atoms with Gasteiger partial charge in [0.15, 0.2) is 0 Å². The predicted molar refractivity (Wildman–Crippen MR) is 68.8 cm³/mol. The molecule has 0 saturated heterocycles. The summed E-state index contributed by atoms with van der Waals surface area (Å²) < 4.78 is 5.25. The van der Waals surface area contributed by atoms with Gasteiger partial charge in [-0.25, -0.2) is 4.79 Å². The highest BCUT2D eigenvalue weighted by atomic mass is 16.6. The standard InChI is InChI=1S/C13H26N2O2/c1-5-9-8-10(6-7-11(9)14)15-12(16)17-13(2,3)4/h9-11H,5-8,14H2,1-4H3,(H,15,16)/t9-,10+,11+/m1/s1. The second-order valence-corrected chi connectivity index (χ2v) is 5.99. The summed E-state index contributed by atoms with van der Waals surface area (Å²) in [6, 6.07) is 0.506. The number of nitrogens with two attached hydrogens (primary N) is 1. The van der Waals surface area contributed by atoms with Crippen molar-refractivity contribution < 1.29 is 9.53 Å². The fourth-order valence-corrected chi connectivity index (χ4v) is 2.36. The number of rotatable bonds is 2. The monoisotopic (exact) mass is 242 g/mol. The molecule has 0 aromatic rings. The van der Waals surface area contributed by atoms with Gasteiger partial charge in [-0.3, -0.25) is 0 Å². The summed E-state index contributed by atoms with van der Waals surface area (Å²) in [6.07, 6.45) is 3.67. The second kappa shape index (κ2) is 5.71. The van der Waals surface area contributed by atoms with Gasteiger partial charge in [-0.2, -0.15) is 0 Å². The highest BCUT2D eigenvalue weighted by Gasteiger charge is 2.28. The van der Waals surface area contributed by atoms with E-state index in [1.54, 1.807) is 0 Å². The maximum Gasteiger partial charge on any atom is 0.407 e. The molecule has 17 heavy (non-hydrogen) atoms. The van der Waals surface area contributed by atoms with Crippen LogP contribution in [0.2, 0.25) is 0 Å². The van der Waals surface area contributed by atoms with Crippen LogP contribution in [0.1, 0.15) is 53.4 Å². The normalized spacial score (nSPS) is 29.8. The summed E-state index contributed by atoms with van der Waals surface area (Å²) in [6.45, 7) is 7.77. The lowest BCUT2D eigenvalue weighted by Crippen LogP contribution is -2.46.